The van der Waals surface area contributed by atoms with E-state index in [2.05, 4.69) is 37.5 Å². The molecule has 1 aromatic carbocycles. The van der Waals surface area contributed by atoms with Crippen LogP contribution in [-0.4, -0.2) is 46.2 Å². The predicted octanol–water partition coefficient (Wildman–Crippen LogP) is -3.21. The molecule has 0 aliphatic carbocycles. The van der Waals surface area contributed by atoms with Gasteiger partial charge in [-0.15, -0.1) is 0 Å². The summed E-state index contributed by atoms with van der Waals surface area (Å²) in [4.78, 5) is 4.41. The first-order valence-corrected chi connectivity index (χ1v) is 7.53. The summed E-state index contributed by atoms with van der Waals surface area (Å²) in [5.74, 6) is 0.550. The monoisotopic (exact) mass is 350 g/mol. The van der Waals surface area contributed by atoms with Crippen molar-refractivity contribution in [2.45, 2.75) is 40.8 Å². The van der Waals surface area contributed by atoms with Crippen LogP contribution >= 0.6 is 0 Å². The van der Waals surface area contributed by atoms with Crippen LogP contribution in [0.5, 0.6) is 11.5 Å². The van der Waals surface area contributed by atoms with E-state index in [1.807, 2.05) is 0 Å². The Kier molecular flexibility index (Phi) is 12.7. The van der Waals surface area contributed by atoms with Crippen molar-refractivity contribution in [3.8, 4) is 11.5 Å². The normalized spacial score (nSPS) is 10.5. The number of phenols is 2. The lowest BCUT2D eigenvalue weighted by Gasteiger charge is -2.21. The summed E-state index contributed by atoms with van der Waals surface area (Å²) in [7, 11) is 0. The zero-order chi connectivity index (χ0) is 15.1. The molecule has 0 heterocycles. The smallest absolute Gasteiger partial charge is 0.120 e. The fourth-order valence-corrected chi connectivity index (χ4v) is 2.29. The second-order valence-electron chi connectivity index (χ2n) is 5.03. The number of hydrogen-bond donors (Lipinski definition) is 2. The van der Waals surface area contributed by atoms with Crippen LogP contribution in [0.2, 0.25) is 0 Å². The van der Waals surface area contributed by atoms with Crippen molar-refractivity contribution in [1.82, 2.24) is 9.80 Å². The predicted molar refractivity (Wildman–Crippen MR) is 83.0 cm³/mol. The van der Waals surface area contributed by atoms with E-state index in [1.54, 1.807) is 12.1 Å². The molecule has 2 N–H and O–H groups in total. The molecule has 6 heteroatoms. The van der Waals surface area contributed by atoms with Crippen LogP contribution in [0, 0.1) is 0 Å². The Morgan fingerprint density at radius 1 is 0.682 bits per heavy atom. The Morgan fingerprint density at radius 3 is 1.18 bits per heavy atom. The molecular formula is C16H28Cl2N2O2-2. The molecule has 1 rings (SSSR count). The van der Waals surface area contributed by atoms with Crippen molar-refractivity contribution in [1.29, 1.82) is 0 Å². The van der Waals surface area contributed by atoms with Crippen molar-refractivity contribution >= 4 is 0 Å². The average molecular weight is 351 g/mol. The molecule has 0 fully saturated rings. The van der Waals surface area contributed by atoms with E-state index in [1.165, 1.54) is 0 Å². The molecule has 0 saturated carbocycles. The minimum absolute atomic E-state index is 0. The Bertz CT molecular complexity index is 383. The summed E-state index contributed by atoms with van der Waals surface area (Å²) in [6.45, 7) is 13.4. The highest BCUT2D eigenvalue weighted by atomic mass is 35.5. The maximum absolute atomic E-state index is 10.2. The van der Waals surface area contributed by atoms with Crippen LogP contribution in [0.25, 0.3) is 0 Å². The summed E-state index contributed by atoms with van der Waals surface area (Å²) in [6, 6.07) is 3.40. The minimum atomic E-state index is 0. The average Bonchev–Trinajstić information content (AvgIpc) is 2.46. The lowest BCUT2D eigenvalue weighted by Crippen LogP contribution is -3.00. The van der Waals surface area contributed by atoms with Gasteiger partial charge in [0.05, 0.1) is 0 Å². The topological polar surface area (TPSA) is 46.9 Å². The van der Waals surface area contributed by atoms with Crippen LogP contribution in [0.1, 0.15) is 38.8 Å². The van der Waals surface area contributed by atoms with E-state index in [0.29, 0.717) is 13.1 Å². The number of rotatable bonds is 8. The molecule has 130 valence electrons. The highest BCUT2D eigenvalue weighted by Crippen LogP contribution is 2.29. The van der Waals surface area contributed by atoms with Crippen molar-refractivity contribution in [3.63, 3.8) is 0 Å². The highest BCUT2D eigenvalue weighted by Gasteiger charge is 2.12. The third kappa shape index (κ3) is 6.61. The summed E-state index contributed by atoms with van der Waals surface area (Å²) in [5.41, 5.74) is 1.57. The lowest BCUT2D eigenvalue weighted by molar-refractivity contribution is -0.00100. The first-order chi connectivity index (χ1) is 9.55. The van der Waals surface area contributed by atoms with Gasteiger partial charge < -0.3 is 35.0 Å². The molecule has 0 bridgehead atoms. The van der Waals surface area contributed by atoms with Gasteiger partial charge in [-0.2, -0.15) is 0 Å². The number of nitrogens with zero attached hydrogens (tertiary/aromatic N) is 2. The van der Waals surface area contributed by atoms with Gasteiger partial charge in [-0.3, -0.25) is 9.80 Å². The second kappa shape index (κ2) is 11.8. The summed E-state index contributed by atoms with van der Waals surface area (Å²) in [6.07, 6.45) is 0. The summed E-state index contributed by atoms with van der Waals surface area (Å²) >= 11 is 0. The Hall–Kier alpha value is -0.680. The molecule has 0 aromatic heterocycles. The fourth-order valence-electron chi connectivity index (χ4n) is 2.29. The second-order valence-corrected chi connectivity index (χ2v) is 5.03. The van der Waals surface area contributed by atoms with Gasteiger partial charge in [-0.25, -0.2) is 0 Å². The van der Waals surface area contributed by atoms with Gasteiger partial charge in [0.1, 0.15) is 11.5 Å². The van der Waals surface area contributed by atoms with Gasteiger partial charge in [0.25, 0.3) is 0 Å². The van der Waals surface area contributed by atoms with Gasteiger partial charge in [-0.05, 0) is 38.3 Å². The van der Waals surface area contributed by atoms with Gasteiger partial charge in [0.2, 0.25) is 0 Å². The zero-order valence-corrected chi connectivity index (χ0v) is 15.5. The van der Waals surface area contributed by atoms with Crippen LogP contribution in [0.4, 0.5) is 0 Å². The van der Waals surface area contributed by atoms with Gasteiger partial charge in [-0.1, -0.05) is 27.7 Å². The minimum Gasteiger partial charge on any atom is -1.00 e. The van der Waals surface area contributed by atoms with E-state index >= 15 is 0 Å². The maximum Gasteiger partial charge on any atom is 0.120 e. The van der Waals surface area contributed by atoms with E-state index < -0.39 is 0 Å². The van der Waals surface area contributed by atoms with Crippen molar-refractivity contribution in [3.05, 3.63) is 23.3 Å². The van der Waals surface area contributed by atoms with Gasteiger partial charge in [0.15, 0.2) is 0 Å². The number of phenolic OH excluding ortho intramolecular Hbond substituents is 2. The number of halogens is 2. The third-order valence-corrected chi connectivity index (χ3v) is 3.86. The first-order valence-electron chi connectivity index (χ1n) is 7.53. The molecule has 22 heavy (non-hydrogen) atoms. The number of benzene rings is 1. The van der Waals surface area contributed by atoms with E-state index in [-0.39, 0.29) is 36.3 Å². The summed E-state index contributed by atoms with van der Waals surface area (Å²) in [5, 5.41) is 20.3. The van der Waals surface area contributed by atoms with Crippen LogP contribution < -0.4 is 24.8 Å². The Morgan fingerprint density at radius 2 is 0.955 bits per heavy atom. The lowest BCUT2D eigenvalue weighted by atomic mass is 10.1. The zero-order valence-electron chi connectivity index (χ0n) is 13.9. The molecule has 4 nitrogen and oxygen atoms in total. The van der Waals surface area contributed by atoms with E-state index in [0.717, 1.165) is 37.3 Å². The number of hydrogen-bond acceptors (Lipinski definition) is 4. The molecule has 1 aromatic rings. The standard InChI is InChI=1S/C16H28N2O2.2ClH/c1-5-17(6-2)11-13-9-16(20)14(10-15(13)19)12-18(7-3)8-4;;/h9-10,19-20H,5-8,11-12H2,1-4H3;2*1H/p-2. The molecule has 0 unspecified atom stereocenters. The SMILES string of the molecule is CCN(CC)Cc1cc(O)c(CN(CC)CC)cc1O.[Cl-].[Cl-]. The Labute approximate surface area is 146 Å². The number of aromatic hydroxyl groups is 2. The molecule has 0 aliphatic rings. The van der Waals surface area contributed by atoms with Gasteiger partial charge >= 0.3 is 0 Å². The molecule has 0 atom stereocenters. The third-order valence-electron chi connectivity index (χ3n) is 3.86. The van der Waals surface area contributed by atoms with E-state index in [4.69, 9.17) is 0 Å². The molecule has 0 radical (unpaired) electrons. The molecule has 0 aliphatic heterocycles. The molecule has 0 amide bonds. The fraction of sp³-hybridized carbons (Fsp3) is 0.625. The first kappa shape index (κ1) is 23.6. The Balaban J connectivity index is 0. The maximum atomic E-state index is 10.2. The van der Waals surface area contributed by atoms with E-state index in [9.17, 15) is 10.2 Å². The van der Waals surface area contributed by atoms with Crippen molar-refractivity contribution in [2.75, 3.05) is 26.2 Å². The highest BCUT2D eigenvalue weighted by molar-refractivity contribution is 5.45. The summed E-state index contributed by atoms with van der Waals surface area (Å²) < 4.78 is 0. The van der Waals surface area contributed by atoms with Crippen molar-refractivity contribution < 1.29 is 35.0 Å². The van der Waals surface area contributed by atoms with Crippen LogP contribution in [0.3, 0.4) is 0 Å². The molecular weight excluding hydrogens is 323 g/mol. The van der Waals surface area contributed by atoms with Gasteiger partial charge in [0, 0.05) is 24.2 Å². The molecule has 0 saturated heterocycles. The van der Waals surface area contributed by atoms with Crippen LogP contribution in [-0.2, 0) is 13.1 Å². The molecule has 0 spiro atoms. The quantitative estimate of drug-likeness (QED) is 0.484. The van der Waals surface area contributed by atoms with Crippen LogP contribution in [0.15, 0.2) is 12.1 Å². The largest absolute Gasteiger partial charge is 1.00 e. The van der Waals surface area contributed by atoms with Crippen molar-refractivity contribution in [2.24, 2.45) is 0 Å².